The Morgan fingerprint density at radius 2 is 1.36 bits per heavy atom. The van der Waals surface area contributed by atoms with Crippen LogP contribution in [0.25, 0.3) is 0 Å². The third-order valence-corrected chi connectivity index (χ3v) is 1.15. The molecule has 0 aliphatic rings. The van der Waals surface area contributed by atoms with E-state index >= 15 is 0 Å². The summed E-state index contributed by atoms with van der Waals surface area (Å²) in [6.45, 7) is 3.08. The molecule has 0 saturated heterocycles. The van der Waals surface area contributed by atoms with Crippen molar-refractivity contribution in [2.24, 2.45) is 0 Å². The smallest absolute Gasteiger partial charge is 0.0340 e. The largest absolute Gasteiger partial charge is 1.00 e. The fourth-order valence-corrected chi connectivity index (χ4v) is 0.760. The second-order valence-corrected chi connectivity index (χ2v) is 1.90. The zero-order chi connectivity index (χ0) is 6.53. The monoisotopic (exact) mass is 837 g/mol. The molecule has 84 valence electrons. The van der Waals surface area contributed by atoms with E-state index in [2.05, 4.69) is 24.4 Å². The van der Waals surface area contributed by atoms with Crippen LogP contribution in [0.1, 0.15) is 6.92 Å². The maximum Gasteiger partial charge on any atom is 0.0340 e. The molecule has 0 unspecified atom stereocenters. The second kappa shape index (κ2) is 21.2. The van der Waals surface area contributed by atoms with E-state index in [1.165, 1.54) is 5.69 Å². The molecule has 0 atom stereocenters. The van der Waals surface area contributed by atoms with Crippen molar-refractivity contribution >= 4 is 33.0 Å². The van der Waals surface area contributed by atoms with Gasteiger partial charge in [-0.05, 0) is 19.1 Å². The number of rotatable bonds is 2. The van der Waals surface area contributed by atoms with E-state index in [0.717, 1.165) is 6.54 Å². The third-order valence-electron chi connectivity index (χ3n) is 1.15. The normalized spacial score (nSPS) is 5.79. The van der Waals surface area contributed by atoms with Crippen LogP contribution in [0.5, 0.6) is 0 Å². The van der Waals surface area contributed by atoms with Crippen molar-refractivity contribution in [3.63, 3.8) is 0 Å². The van der Waals surface area contributed by atoms with Gasteiger partial charge in [-0.1, -0.05) is 18.2 Å². The van der Waals surface area contributed by atoms with Crippen LogP contribution in [0, 0.1) is 0 Å². The Balaban J connectivity index is -0.0000000540. The Kier molecular flexibility index (Phi) is 45.6. The molecule has 1 aromatic carbocycles. The summed E-state index contributed by atoms with van der Waals surface area (Å²) in [5.74, 6) is 0. The van der Waals surface area contributed by atoms with Gasteiger partial charge in [0.15, 0.2) is 0 Å². The molecule has 6 heteroatoms. The minimum atomic E-state index is 0. The maximum absolute atomic E-state index is 3.21. The molecule has 0 amide bonds. The van der Waals surface area contributed by atoms with E-state index in [4.69, 9.17) is 0 Å². The summed E-state index contributed by atoms with van der Waals surface area (Å²) < 4.78 is 0. The van der Waals surface area contributed by atoms with Gasteiger partial charge in [0, 0.05) is 39.5 Å². The first-order valence-electron chi connectivity index (χ1n) is 3.22. The predicted molar refractivity (Wildman–Crippen MR) is 46.4 cm³/mol. The van der Waals surface area contributed by atoms with Crippen molar-refractivity contribution < 1.29 is 95.9 Å². The van der Waals surface area contributed by atoms with Crippen LogP contribution in [-0.4, -0.2) is 33.8 Å². The first-order chi connectivity index (χ1) is 4.43. The first-order valence-corrected chi connectivity index (χ1v) is 3.22. The Bertz CT molecular complexity index is 174. The molecule has 4 radical (unpaired) electrons. The summed E-state index contributed by atoms with van der Waals surface area (Å²) in [5.41, 5.74) is 1.19. The van der Waals surface area contributed by atoms with Crippen LogP contribution in [-0.2, 0) is 0 Å². The van der Waals surface area contributed by atoms with Gasteiger partial charge in [0.2, 0.25) is 0 Å². The Labute approximate surface area is 175 Å². The summed E-state index contributed by atoms with van der Waals surface area (Å²) in [5, 5.41) is 3.21. The van der Waals surface area contributed by atoms with Crippen LogP contribution in [0.3, 0.4) is 0 Å². The van der Waals surface area contributed by atoms with Crippen molar-refractivity contribution in [3.8, 4) is 0 Å². The van der Waals surface area contributed by atoms with Gasteiger partial charge < -0.3 is 101 Å². The molecule has 0 aromatic heterocycles. The van der Waals surface area contributed by atoms with Gasteiger partial charge in [-0.2, -0.15) is 0 Å². The number of halogens is 4. The average Bonchev–Trinajstić information content (AvgIpc) is 1.91. The van der Waals surface area contributed by atoms with Crippen LogP contribution >= 0.6 is 0 Å². The molecule has 0 aliphatic heterocycles. The van der Waals surface area contributed by atoms with Crippen molar-refractivity contribution in [1.82, 2.24) is 0 Å². The standard InChI is InChI=1S/C8H11N.4HI.Pb/c1-2-9-8-6-4-3-5-7-8;;;;;/h3-7,9H,2H2,1H3;4*1H;/p-4. The van der Waals surface area contributed by atoms with E-state index in [9.17, 15) is 0 Å². The topological polar surface area (TPSA) is 12.0 Å². The summed E-state index contributed by atoms with van der Waals surface area (Å²) in [7, 11) is 0. The number of benzene rings is 1. The number of para-hydroxylation sites is 1. The average molecular weight is 836 g/mol. The molecular weight excluding hydrogens is 825 g/mol. The Morgan fingerprint density at radius 3 is 1.71 bits per heavy atom. The van der Waals surface area contributed by atoms with Crippen LogP contribution in [0.4, 0.5) is 5.69 Å². The number of hydrogen-bond donors (Lipinski definition) is 1. The summed E-state index contributed by atoms with van der Waals surface area (Å²) in [4.78, 5) is 0. The van der Waals surface area contributed by atoms with Crippen LogP contribution in [0.15, 0.2) is 30.3 Å². The Morgan fingerprint density at radius 1 is 0.929 bits per heavy atom. The van der Waals surface area contributed by atoms with Gasteiger partial charge >= 0.3 is 0 Å². The van der Waals surface area contributed by atoms with E-state index in [1.807, 2.05) is 18.2 Å². The predicted octanol–water partition coefficient (Wildman–Crippen LogP) is -10.2. The molecule has 0 bridgehead atoms. The maximum atomic E-state index is 3.21. The fraction of sp³-hybridized carbons (Fsp3) is 0.250. The quantitative estimate of drug-likeness (QED) is 0.231. The van der Waals surface area contributed by atoms with E-state index in [0.29, 0.717) is 0 Å². The molecule has 1 aromatic rings. The summed E-state index contributed by atoms with van der Waals surface area (Å²) in [6, 6.07) is 10.2. The van der Waals surface area contributed by atoms with E-state index < -0.39 is 0 Å². The van der Waals surface area contributed by atoms with Crippen LogP contribution < -0.4 is 101 Å². The fourth-order valence-electron chi connectivity index (χ4n) is 0.760. The van der Waals surface area contributed by atoms with Crippen molar-refractivity contribution in [1.29, 1.82) is 0 Å². The van der Waals surface area contributed by atoms with Gasteiger partial charge in [-0.15, -0.1) is 0 Å². The van der Waals surface area contributed by atoms with E-state index in [1.54, 1.807) is 0 Å². The summed E-state index contributed by atoms with van der Waals surface area (Å²) in [6.07, 6.45) is 0. The Hall–Kier alpha value is 2.86. The minimum Gasteiger partial charge on any atom is -1.00 e. The minimum absolute atomic E-state index is 0. The number of anilines is 1. The molecule has 0 heterocycles. The zero-order valence-corrected chi connectivity index (χ0v) is 20.1. The van der Waals surface area contributed by atoms with E-state index in [-0.39, 0.29) is 123 Å². The molecule has 0 spiro atoms. The van der Waals surface area contributed by atoms with Crippen LogP contribution in [0.2, 0.25) is 0 Å². The molecule has 0 aliphatic carbocycles. The first kappa shape index (κ1) is 30.2. The molecule has 14 heavy (non-hydrogen) atoms. The zero-order valence-electron chi connectivity index (χ0n) is 7.61. The molecule has 0 fully saturated rings. The molecule has 0 saturated carbocycles. The molecule has 1 N–H and O–H groups in total. The van der Waals surface area contributed by atoms with Crippen molar-refractivity contribution in [2.75, 3.05) is 11.9 Å². The van der Waals surface area contributed by atoms with Crippen molar-refractivity contribution in [3.05, 3.63) is 30.3 Å². The third kappa shape index (κ3) is 14.9. The van der Waals surface area contributed by atoms with Gasteiger partial charge in [0.05, 0.1) is 0 Å². The number of nitrogens with one attached hydrogen (secondary N) is 1. The molecule has 1 rings (SSSR count). The van der Waals surface area contributed by atoms with Gasteiger partial charge in [-0.25, -0.2) is 0 Å². The van der Waals surface area contributed by atoms with Gasteiger partial charge in [0.25, 0.3) is 0 Å². The van der Waals surface area contributed by atoms with Crippen molar-refractivity contribution in [2.45, 2.75) is 6.92 Å². The molecule has 1 nitrogen and oxygen atoms in total. The second-order valence-electron chi connectivity index (χ2n) is 1.90. The van der Waals surface area contributed by atoms with Gasteiger partial charge in [0.1, 0.15) is 0 Å². The summed E-state index contributed by atoms with van der Waals surface area (Å²) >= 11 is 0. The molecular formula is C8H11I4NPb-4. The van der Waals surface area contributed by atoms with Gasteiger partial charge in [-0.3, -0.25) is 0 Å². The number of hydrogen-bond acceptors (Lipinski definition) is 1. The SMILES string of the molecule is CCNc1ccccc1.[I-].[I-].[I-].[I-].[Pb].